The Labute approximate surface area is 119 Å². The summed E-state index contributed by atoms with van der Waals surface area (Å²) in [6.07, 6.45) is 2.43. The lowest BCUT2D eigenvalue weighted by atomic mass is 10.2. The first-order valence-electron chi connectivity index (χ1n) is 6.96. The molecular formula is C15H22N2O3. The lowest BCUT2D eigenvalue weighted by molar-refractivity contribution is -0.115. The Morgan fingerprint density at radius 1 is 1.50 bits per heavy atom. The first-order chi connectivity index (χ1) is 9.69. The Bertz CT molecular complexity index is 456. The van der Waals surface area contributed by atoms with Crippen molar-refractivity contribution in [2.75, 3.05) is 32.1 Å². The Morgan fingerprint density at radius 3 is 3.05 bits per heavy atom. The molecule has 0 bridgehead atoms. The van der Waals surface area contributed by atoms with Gasteiger partial charge in [0, 0.05) is 13.2 Å². The zero-order valence-corrected chi connectivity index (χ0v) is 12.1. The number of rotatable bonds is 6. The number of benzene rings is 1. The summed E-state index contributed by atoms with van der Waals surface area (Å²) >= 11 is 0. The number of aryl methyl sites for hydroxylation is 1. The maximum absolute atomic E-state index is 11.9. The van der Waals surface area contributed by atoms with Crippen molar-refractivity contribution in [3.63, 3.8) is 0 Å². The molecular weight excluding hydrogens is 256 g/mol. The van der Waals surface area contributed by atoms with Gasteiger partial charge in [0.15, 0.2) is 0 Å². The molecule has 1 atom stereocenters. The first-order valence-corrected chi connectivity index (χ1v) is 6.96. The quantitative estimate of drug-likeness (QED) is 0.831. The summed E-state index contributed by atoms with van der Waals surface area (Å²) in [5.74, 6) is 0.593. The predicted molar refractivity (Wildman–Crippen MR) is 78.2 cm³/mol. The van der Waals surface area contributed by atoms with Crippen molar-refractivity contribution in [3.8, 4) is 5.75 Å². The first kappa shape index (κ1) is 14.8. The molecule has 1 saturated heterocycles. The third-order valence-electron chi connectivity index (χ3n) is 3.31. The topological polar surface area (TPSA) is 59.6 Å². The molecule has 0 spiro atoms. The predicted octanol–water partition coefficient (Wildman–Crippen LogP) is 1.71. The van der Waals surface area contributed by atoms with Gasteiger partial charge in [0.2, 0.25) is 5.91 Å². The molecule has 2 rings (SSSR count). The van der Waals surface area contributed by atoms with E-state index in [2.05, 4.69) is 10.6 Å². The van der Waals surface area contributed by atoms with Crippen molar-refractivity contribution in [1.29, 1.82) is 0 Å². The monoisotopic (exact) mass is 278 g/mol. The van der Waals surface area contributed by atoms with Gasteiger partial charge in [-0.2, -0.15) is 0 Å². The summed E-state index contributed by atoms with van der Waals surface area (Å²) in [7, 11) is 1.59. The van der Waals surface area contributed by atoms with E-state index >= 15 is 0 Å². The number of ether oxygens (including phenoxy) is 2. The van der Waals surface area contributed by atoms with Gasteiger partial charge in [-0.05, 0) is 37.5 Å². The Kier molecular flexibility index (Phi) is 5.38. The van der Waals surface area contributed by atoms with Crippen LogP contribution in [0.3, 0.4) is 0 Å². The van der Waals surface area contributed by atoms with E-state index in [1.807, 2.05) is 25.1 Å². The van der Waals surface area contributed by atoms with E-state index in [-0.39, 0.29) is 18.6 Å². The van der Waals surface area contributed by atoms with Crippen molar-refractivity contribution < 1.29 is 14.3 Å². The van der Waals surface area contributed by atoms with Crippen molar-refractivity contribution in [2.45, 2.75) is 25.9 Å². The standard InChI is InChI=1S/C15H22N2O3/c1-11-5-6-14(19-2)13(8-11)17-15(18)10-16-9-12-4-3-7-20-12/h5-6,8,12,16H,3-4,7,9-10H2,1-2H3,(H,17,18). The van der Waals surface area contributed by atoms with Crippen LogP contribution < -0.4 is 15.4 Å². The highest BCUT2D eigenvalue weighted by Gasteiger charge is 2.15. The molecule has 1 amide bonds. The van der Waals surface area contributed by atoms with Gasteiger partial charge in [-0.3, -0.25) is 4.79 Å². The van der Waals surface area contributed by atoms with Crippen LogP contribution in [0.4, 0.5) is 5.69 Å². The smallest absolute Gasteiger partial charge is 0.238 e. The minimum absolute atomic E-state index is 0.0769. The molecule has 20 heavy (non-hydrogen) atoms. The molecule has 2 N–H and O–H groups in total. The zero-order chi connectivity index (χ0) is 14.4. The molecule has 1 aliphatic heterocycles. The van der Waals surface area contributed by atoms with Gasteiger partial charge in [0.05, 0.1) is 25.4 Å². The molecule has 1 unspecified atom stereocenters. The Hall–Kier alpha value is -1.59. The van der Waals surface area contributed by atoms with E-state index in [1.165, 1.54) is 0 Å². The fourth-order valence-corrected chi connectivity index (χ4v) is 2.27. The maximum atomic E-state index is 11.9. The number of anilines is 1. The van der Waals surface area contributed by atoms with Gasteiger partial charge in [-0.25, -0.2) is 0 Å². The van der Waals surface area contributed by atoms with Crippen molar-refractivity contribution >= 4 is 11.6 Å². The molecule has 110 valence electrons. The van der Waals surface area contributed by atoms with Gasteiger partial charge in [-0.1, -0.05) is 6.07 Å². The number of hydrogen-bond donors (Lipinski definition) is 2. The van der Waals surface area contributed by atoms with Gasteiger partial charge in [-0.15, -0.1) is 0 Å². The van der Waals surface area contributed by atoms with E-state index in [4.69, 9.17) is 9.47 Å². The van der Waals surface area contributed by atoms with Crippen LogP contribution in [-0.4, -0.2) is 38.8 Å². The Balaban J connectivity index is 1.80. The molecule has 1 aliphatic rings. The number of nitrogens with one attached hydrogen (secondary N) is 2. The molecule has 5 nitrogen and oxygen atoms in total. The van der Waals surface area contributed by atoms with E-state index in [1.54, 1.807) is 7.11 Å². The summed E-state index contributed by atoms with van der Waals surface area (Å²) in [5, 5.41) is 5.98. The highest BCUT2D eigenvalue weighted by Crippen LogP contribution is 2.24. The lowest BCUT2D eigenvalue weighted by Gasteiger charge is -2.13. The average molecular weight is 278 g/mol. The average Bonchev–Trinajstić information content (AvgIpc) is 2.92. The second-order valence-corrected chi connectivity index (χ2v) is 5.02. The summed E-state index contributed by atoms with van der Waals surface area (Å²) in [6.45, 7) is 3.80. The van der Waals surface area contributed by atoms with Gasteiger partial charge in [0.1, 0.15) is 5.75 Å². The van der Waals surface area contributed by atoms with E-state index in [9.17, 15) is 4.79 Å². The largest absolute Gasteiger partial charge is 0.495 e. The van der Waals surface area contributed by atoms with Crippen LogP contribution in [0.25, 0.3) is 0 Å². The van der Waals surface area contributed by atoms with Crippen molar-refractivity contribution in [1.82, 2.24) is 5.32 Å². The minimum atomic E-state index is -0.0769. The number of hydrogen-bond acceptors (Lipinski definition) is 4. The molecule has 0 saturated carbocycles. The number of amides is 1. The number of methoxy groups -OCH3 is 1. The van der Waals surface area contributed by atoms with Crippen LogP contribution in [-0.2, 0) is 9.53 Å². The van der Waals surface area contributed by atoms with E-state index in [0.717, 1.165) is 31.6 Å². The van der Waals surface area contributed by atoms with Crippen LogP contribution >= 0.6 is 0 Å². The van der Waals surface area contributed by atoms with Gasteiger partial charge >= 0.3 is 0 Å². The summed E-state index contributed by atoms with van der Waals surface area (Å²) in [4.78, 5) is 11.9. The maximum Gasteiger partial charge on any atom is 0.238 e. The molecule has 0 aromatic heterocycles. The van der Waals surface area contributed by atoms with E-state index < -0.39 is 0 Å². The molecule has 1 heterocycles. The molecule has 5 heteroatoms. The normalized spacial score (nSPS) is 18.0. The van der Waals surface area contributed by atoms with Crippen LogP contribution in [0, 0.1) is 6.92 Å². The van der Waals surface area contributed by atoms with Crippen LogP contribution in [0.5, 0.6) is 5.75 Å². The fraction of sp³-hybridized carbons (Fsp3) is 0.533. The second kappa shape index (κ2) is 7.26. The molecule has 0 aliphatic carbocycles. The van der Waals surface area contributed by atoms with Gasteiger partial charge < -0.3 is 20.1 Å². The molecule has 1 aromatic rings. The van der Waals surface area contributed by atoms with Crippen LogP contribution in [0.2, 0.25) is 0 Å². The van der Waals surface area contributed by atoms with Crippen molar-refractivity contribution in [3.05, 3.63) is 23.8 Å². The van der Waals surface area contributed by atoms with Crippen LogP contribution in [0.1, 0.15) is 18.4 Å². The lowest BCUT2D eigenvalue weighted by Crippen LogP contribution is -2.33. The summed E-state index contributed by atoms with van der Waals surface area (Å²) < 4.78 is 10.7. The third-order valence-corrected chi connectivity index (χ3v) is 3.31. The fourth-order valence-electron chi connectivity index (χ4n) is 2.27. The van der Waals surface area contributed by atoms with Crippen molar-refractivity contribution in [2.24, 2.45) is 0 Å². The molecule has 1 aromatic carbocycles. The minimum Gasteiger partial charge on any atom is -0.495 e. The van der Waals surface area contributed by atoms with E-state index in [0.29, 0.717) is 11.4 Å². The second-order valence-electron chi connectivity index (χ2n) is 5.02. The summed E-state index contributed by atoms with van der Waals surface area (Å²) in [6, 6.07) is 5.70. The third kappa shape index (κ3) is 4.21. The summed E-state index contributed by atoms with van der Waals surface area (Å²) in [5.41, 5.74) is 1.78. The highest BCUT2D eigenvalue weighted by molar-refractivity contribution is 5.93. The zero-order valence-electron chi connectivity index (χ0n) is 12.1. The SMILES string of the molecule is COc1ccc(C)cc1NC(=O)CNCC1CCCO1. The molecule has 0 radical (unpaired) electrons. The number of carbonyl (C=O) groups is 1. The van der Waals surface area contributed by atoms with Crippen LogP contribution in [0.15, 0.2) is 18.2 Å². The Morgan fingerprint density at radius 2 is 2.35 bits per heavy atom. The highest BCUT2D eigenvalue weighted by atomic mass is 16.5. The number of carbonyl (C=O) groups excluding carboxylic acids is 1. The van der Waals surface area contributed by atoms with Gasteiger partial charge in [0.25, 0.3) is 0 Å². The molecule has 1 fully saturated rings.